The van der Waals surface area contributed by atoms with Crippen LogP contribution in [-0.2, 0) is 0 Å². The Hall–Kier alpha value is -3.32. The van der Waals surface area contributed by atoms with Crippen molar-refractivity contribution in [2.24, 2.45) is 0 Å². The fourth-order valence-electron chi connectivity index (χ4n) is 3.31. The van der Waals surface area contributed by atoms with E-state index in [1.807, 2.05) is 44.3 Å². The molecule has 0 amide bonds. The van der Waals surface area contributed by atoms with Gasteiger partial charge in [-0.3, -0.25) is 9.69 Å². The lowest BCUT2D eigenvalue weighted by Gasteiger charge is -2.30. The maximum Gasteiger partial charge on any atom is 0.258 e. The molecule has 28 heavy (non-hydrogen) atoms. The number of aromatic amines is 1. The van der Waals surface area contributed by atoms with Gasteiger partial charge in [-0.25, -0.2) is 14.6 Å². The summed E-state index contributed by atoms with van der Waals surface area (Å²) < 4.78 is 1.73. The largest absolute Gasteiger partial charge is 0.309 e. The molecule has 142 valence electrons. The molecule has 0 aliphatic rings. The van der Waals surface area contributed by atoms with E-state index in [0.717, 1.165) is 5.69 Å². The second-order valence-corrected chi connectivity index (χ2v) is 6.92. The Labute approximate surface area is 162 Å². The molecule has 7 nitrogen and oxygen atoms in total. The molecule has 0 saturated heterocycles. The number of H-pyrrole nitrogens is 1. The predicted molar refractivity (Wildman–Crippen MR) is 108 cm³/mol. The maximum absolute atomic E-state index is 12.4. The van der Waals surface area contributed by atoms with Crippen LogP contribution in [0.3, 0.4) is 0 Å². The van der Waals surface area contributed by atoms with Crippen molar-refractivity contribution < 1.29 is 0 Å². The third-order valence-corrected chi connectivity index (χ3v) is 5.31. The molecule has 0 fully saturated rings. The zero-order valence-electron chi connectivity index (χ0n) is 16.1. The van der Waals surface area contributed by atoms with Gasteiger partial charge in [-0.15, -0.1) is 0 Å². The highest BCUT2D eigenvalue weighted by Crippen LogP contribution is 2.27. The molecule has 2 heterocycles. The van der Waals surface area contributed by atoms with Crippen molar-refractivity contribution in [2.45, 2.75) is 25.9 Å². The van der Waals surface area contributed by atoms with Crippen LogP contribution in [0, 0.1) is 0 Å². The van der Waals surface area contributed by atoms with Gasteiger partial charge in [0.15, 0.2) is 0 Å². The second kappa shape index (κ2) is 7.36. The van der Waals surface area contributed by atoms with Gasteiger partial charge in [0, 0.05) is 6.04 Å². The van der Waals surface area contributed by atoms with E-state index in [1.165, 1.54) is 11.9 Å². The van der Waals surface area contributed by atoms with Crippen molar-refractivity contribution in [1.82, 2.24) is 29.6 Å². The SMILES string of the molecule is C[C@H](c1ccc(-n2cncn2)cc1)N(C)[C@H](C)c1nc2ccccc2c(=O)[nH]1. The smallest absolute Gasteiger partial charge is 0.258 e. The summed E-state index contributed by atoms with van der Waals surface area (Å²) in [5.74, 6) is 0.664. The van der Waals surface area contributed by atoms with Crippen molar-refractivity contribution in [3.05, 3.63) is 82.9 Å². The van der Waals surface area contributed by atoms with Gasteiger partial charge in [0.05, 0.1) is 22.6 Å². The van der Waals surface area contributed by atoms with Gasteiger partial charge in [-0.2, -0.15) is 5.10 Å². The Bertz CT molecular complexity index is 1130. The van der Waals surface area contributed by atoms with Gasteiger partial charge in [-0.1, -0.05) is 24.3 Å². The summed E-state index contributed by atoms with van der Waals surface area (Å²) in [6, 6.07) is 15.7. The van der Waals surface area contributed by atoms with Crippen molar-refractivity contribution in [1.29, 1.82) is 0 Å². The lowest BCUT2D eigenvalue weighted by molar-refractivity contribution is 0.192. The van der Waals surface area contributed by atoms with E-state index in [1.54, 1.807) is 17.1 Å². The number of hydrogen-bond acceptors (Lipinski definition) is 5. The van der Waals surface area contributed by atoms with Gasteiger partial charge in [0.2, 0.25) is 0 Å². The fraction of sp³-hybridized carbons (Fsp3) is 0.238. The number of aromatic nitrogens is 5. The molecule has 4 rings (SSSR count). The van der Waals surface area contributed by atoms with Gasteiger partial charge < -0.3 is 4.98 Å². The summed E-state index contributed by atoms with van der Waals surface area (Å²) in [5, 5.41) is 4.76. The Balaban J connectivity index is 1.58. The first-order valence-electron chi connectivity index (χ1n) is 9.20. The molecular weight excluding hydrogens is 352 g/mol. The Morgan fingerprint density at radius 1 is 1.04 bits per heavy atom. The molecule has 0 aliphatic heterocycles. The van der Waals surface area contributed by atoms with E-state index in [0.29, 0.717) is 16.7 Å². The first-order valence-corrected chi connectivity index (χ1v) is 9.20. The summed E-state index contributed by atoms with van der Waals surface area (Å²) in [6.07, 6.45) is 3.19. The Morgan fingerprint density at radius 3 is 2.50 bits per heavy atom. The van der Waals surface area contributed by atoms with E-state index in [2.05, 4.69) is 44.0 Å². The van der Waals surface area contributed by atoms with Crippen molar-refractivity contribution in [3.63, 3.8) is 0 Å². The van der Waals surface area contributed by atoms with E-state index < -0.39 is 0 Å². The van der Waals surface area contributed by atoms with Gasteiger partial charge in [0.1, 0.15) is 18.5 Å². The number of rotatable bonds is 5. The molecule has 2 aromatic heterocycles. The lowest BCUT2D eigenvalue weighted by Crippen LogP contribution is -2.28. The zero-order chi connectivity index (χ0) is 19.7. The Kier molecular flexibility index (Phi) is 4.75. The fourth-order valence-corrected chi connectivity index (χ4v) is 3.31. The van der Waals surface area contributed by atoms with E-state index >= 15 is 0 Å². The van der Waals surface area contributed by atoms with Crippen LogP contribution in [0.2, 0.25) is 0 Å². The lowest BCUT2D eigenvalue weighted by atomic mass is 10.0. The van der Waals surface area contributed by atoms with Crippen LogP contribution < -0.4 is 5.56 Å². The molecule has 2 aromatic carbocycles. The molecule has 7 heteroatoms. The average molecular weight is 374 g/mol. The number of nitrogens with zero attached hydrogens (tertiary/aromatic N) is 5. The summed E-state index contributed by atoms with van der Waals surface area (Å²) in [6.45, 7) is 4.19. The minimum atomic E-state index is -0.106. The molecule has 0 aliphatic carbocycles. The van der Waals surface area contributed by atoms with E-state index in [-0.39, 0.29) is 17.6 Å². The highest BCUT2D eigenvalue weighted by Gasteiger charge is 2.21. The van der Waals surface area contributed by atoms with Crippen LogP contribution in [0.25, 0.3) is 16.6 Å². The highest BCUT2D eigenvalue weighted by atomic mass is 16.1. The zero-order valence-corrected chi connectivity index (χ0v) is 16.1. The minimum absolute atomic E-state index is 0.0534. The van der Waals surface area contributed by atoms with Crippen molar-refractivity contribution >= 4 is 10.9 Å². The van der Waals surface area contributed by atoms with Crippen LogP contribution in [0.4, 0.5) is 0 Å². The predicted octanol–water partition coefficient (Wildman–Crippen LogP) is 3.26. The molecule has 0 bridgehead atoms. The number of benzene rings is 2. The van der Waals surface area contributed by atoms with Crippen LogP contribution in [0.1, 0.15) is 37.3 Å². The minimum Gasteiger partial charge on any atom is -0.309 e. The number of para-hydroxylation sites is 1. The third kappa shape index (κ3) is 3.32. The first-order chi connectivity index (χ1) is 13.5. The Morgan fingerprint density at radius 2 is 1.79 bits per heavy atom. The molecule has 4 aromatic rings. The van der Waals surface area contributed by atoms with E-state index in [4.69, 9.17) is 0 Å². The standard InChI is InChI=1S/C21H22N6O/c1-14(16-8-10-17(11-9-16)27-13-22-12-23-27)26(3)15(2)20-24-19-7-5-4-6-18(19)21(28)25-20/h4-15H,1-3H3,(H,24,25,28)/t14-,15-/m1/s1. The molecular formula is C21H22N6O. The number of fused-ring (bicyclic) bond motifs is 1. The number of hydrogen-bond donors (Lipinski definition) is 1. The first kappa shape index (κ1) is 18.1. The van der Waals surface area contributed by atoms with Gasteiger partial charge in [0.25, 0.3) is 5.56 Å². The summed E-state index contributed by atoms with van der Waals surface area (Å²) in [4.78, 5) is 26.2. The van der Waals surface area contributed by atoms with Crippen LogP contribution in [-0.4, -0.2) is 36.7 Å². The highest BCUT2D eigenvalue weighted by molar-refractivity contribution is 5.77. The third-order valence-electron chi connectivity index (χ3n) is 5.31. The molecule has 1 N–H and O–H groups in total. The van der Waals surface area contributed by atoms with Gasteiger partial charge >= 0.3 is 0 Å². The normalized spacial score (nSPS) is 13.7. The van der Waals surface area contributed by atoms with Gasteiger partial charge in [-0.05, 0) is 50.7 Å². The molecule has 2 atom stereocenters. The number of nitrogens with one attached hydrogen (secondary N) is 1. The molecule has 0 unspecified atom stereocenters. The molecule has 0 radical (unpaired) electrons. The van der Waals surface area contributed by atoms with E-state index in [9.17, 15) is 4.79 Å². The van der Waals surface area contributed by atoms with Crippen molar-refractivity contribution in [2.75, 3.05) is 7.05 Å². The molecule has 0 saturated carbocycles. The van der Waals surface area contributed by atoms with Crippen LogP contribution >= 0.6 is 0 Å². The second-order valence-electron chi connectivity index (χ2n) is 6.92. The maximum atomic E-state index is 12.4. The summed E-state index contributed by atoms with van der Waals surface area (Å²) in [5.41, 5.74) is 2.74. The quantitative estimate of drug-likeness (QED) is 0.580. The summed E-state index contributed by atoms with van der Waals surface area (Å²) >= 11 is 0. The van der Waals surface area contributed by atoms with Crippen molar-refractivity contribution in [3.8, 4) is 5.69 Å². The van der Waals surface area contributed by atoms with Crippen LogP contribution in [0.5, 0.6) is 0 Å². The summed E-state index contributed by atoms with van der Waals surface area (Å²) in [7, 11) is 2.04. The topological polar surface area (TPSA) is 79.7 Å². The molecule has 0 spiro atoms. The van der Waals surface area contributed by atoms with Crippen LogP contribution in [0.15, 0.2) is 66.0 Å². The monoisotopic (exact) mass is 374 g/mol. The average Bonchev–Trinajstić information content (AvgIpc) is 3.27.